The quantitative estimate of drug-likeness (QED) is 0.471. The number of hydrogen-bond donors (Lipinski definition) is 2. The molecular formula is C29H39N3O9S. The van der Waals surface area contributed by atoms with Crippen LogP contribution in [-0.2, 0) is 35.4 Å². The van der Waals surface area contributed by atoms with Crippen LogP contribution in [0.4, 0.5) is 0 Å². The second kappa shape index (κ2) is 14.1. The number of rotatable bonds is 2. The first-order chi connectivity index (χ1) is 19.7. The molecule has 42 heavy (non-hydrogen) atoms. The molecule has 2 bridgehead atoms. The fraction of sp³-hybridized carbons (Fsp3) is 0.552. The van der Waals surface area contributed by atoms with Gasteiger partial charge in [-0.15, -0.1) is 0 Å². The SMILES string of the molecule is CC1=C[C@@H](O)CC(=O)Cc2nc(co2)C(=O)N2CC[C@@H](S(C)(=O)=O)[C@@H]2C(=O)O[C@H](C(C)C)[C@H](C)/C=C/C(=O)NCC=C1. The summed E-state index contributed by atoms with van der Waals surface area (Å²) in [4.78, 5) is 57.1. The highest BCUT2D eigenvalue weighted by Gasteiger charge is 2.49. The van der Waals surface area contributed by atoms with E-state index in [1.807, 2.05) is 13.8 Å². The number of ketones is 1. The highest BCUT2D eigenvalue weighted by Crippen LogP contribution is 2.29. The van der Waals surface area contributed by atoms with Crippen molar-refractivity contribution in [3.8, 4) is 0 Å². The largest absolute Gasteiger partial charge is 0.460 e. The number of fused-ring (bicyclic) bond motifs is 3. The van der Waals surface area contributed by atoms with E-state index in [4.69, 9.17) is 9.15 Å². The number of aliphatic hydroxyl groups excluding tert-OH is 1. The van der Waals surface area contributed by atoms with Crippen molar-refractivity contribution in [3.63, 3.8) is 0 Å². The molecule has 2 N–H and O–H groups in total. The first-order valence-corrected chi connectivity index (χ1v) is 15.8. The lowest BCUT2D eigenvalue weighted by molar-refractivity contribution is -0.157. The van der Waals surface area contributed by atoms with Crippen LogP contribution in [0, 0.1) is 11.8 Å². The molecule has 1 aromatic rings. The third-order valence-electron chi connectivity index (χ3n) is 7.16. The minimum absolute atomic E-state index is 0.0226. The summed E-state index contributed by atoms with van der Waals surface area (Å²) in [5, 5.41) is 11.8. The lowest BCUT2D eigenvalue weighted by atomic mass is 9.94. The molecule has 1 fully saturated rings. The average molecular weight is 606 g/mol. The van der Waals surface area contributed by atoms with E-state index < -0.39 is 51.1 Å². The Bertz CT molecular complexity index is 1380. The number of Topliss-reactive ketones (excluding diaryl/α,β-unsaturated/α-hetero) is 1. The zero-order chi connectivity index (χ0) is 31.2. The molecule has 0 unspecified atom stereocenters. The molecule has 5 atom stereocenters. The third-order valence-corrected chi connectivity index (χ3v) is 8.75. The zero-order valence-electron chi connectivity index (χ0n) is 24.5. The van der Waals surface area contributed by atoms with E-state index in [1.165, 1.54) is 12.2 Å². The number of hydrogen-bond acceptors (Lipinski definition) is 10. The smallest absolute Gasteiger partial charge is 0.330 e. The van der Waals surface area contributed by atoms with Gasteiger partial charge in [0.25, 0.3) is 5.91 Å². The minimum Gasteiger partial charge on any atom is -0.460 e. The van der Waals surface area contributed by atoms with Crippen LogP contribution in [-0.4, -0.2) is 89.8 Å². The number of nitrogens with zero attached hydrogens (tertiary/aromatic N) is 2. The normalized spacial score (nSPS) is 28.2. The Hall–Kier alpha value is -3.58. The topological polar surface area (TPSA) is 173 Å². The molecule has 0 saturated carbocycles. The Balaban J connectivity index is 1.97. The van der Waals surface area contributed by atoms with E-state index in [9.17, 15) is 32.7 Å². The maximum Gasteiger partial charge on any atom is 0.330 e. The van der Waals surface area contributed by atoms with E-state index in [0.29, 0.717) is 5.57 Å². The summed E-state index contributed by atoms with van der Waals surface area (Å²) >= 11 is 0. The van der Waals surface area contributed by atoms with Gasteiger partial charge in [0.15, 0.2) is 15.5 Å². The summed E-state index contributed by atoms with van der Waals surface area (Å²) in [7, 11) is -3.76. The molecule has 1 saturated heterocycles. The summed E-state index contributed by atoms with van der Waals surface area (Å²) in [5.41, 5.74) is 0.498. The molecule has 0 aromatic carbocycles. The Morgan fingerprint density at radius 2 is 1.88 bits per heavy atom. The molecule has 0 spiro atoms. The van der Waals surface area contributed by atoms with E-state index in [0.717, 1.165) is 17.4 Å². The predicted octanol–water partition coefficient (Wildman–Crippen LogP) is 1.56. The van der Waals surface area contributed by atoms with Gasteiger partial charge < -0.3 is 24.5 Å². The molecule has 3 heterocycles. The van der Waals surface area contributed by atoms with Crippen molar-refractivity contribution < 1.29 is 41.9 Å². The first kappa shape index (κ1) is 32.9. The van der Waals surface area contributed by atoms with Gasteiger partial charge >= 0.3 is 5.97 Å². The molecule has 0 aliphatic carbocycles. The van der Waals surface area contributed by atoms with Crippen LogP contribution < -0.4 is 5.32 Å². The molecule has 12 nitrogen and oxygen atoms in total. The number of aliphatic hydroxyl groups is 1. The van der Waals surface area contributed by atoms with Crippen molar-refractivity contribution in [2.75, 3.05) is 19.3 Å². The number of cyclic esters (lactones) is 1. The van der Waals surface area contributed by atoms with Gasteiger partial charge in [0.1, 0.15) is 24.2 Å². The van der Waals surface area contributed by atoms with Crippen molar-refractivity contribution in [3.05, 3.63) is 53.8 Å². The number of oxazole rings is 1. The summed E-state index contributed by atoms with van der Waals surface area (Å²) in [5.74, 6) is -3.04. The van der Waals surface area contributed by atoms with Crippen LogP contribution in [0.1, 0.15) is 56.9 Å². The van der Waals surface area contributed by atoms with Crippen molar-refractivity contribution in [2.45, 2.75) is 70.5 Å². The van der Waals surface area contributed by atoms with Crippen molar-refractivity contribution in [1.29, 1.82) is 0 Å². The van der Waals surface area contributed by atoms with Crippen molar-refractivity contribution in [2.24, 2.45) is 11.8 Å². The number of nitrogens with one attached hydrogen (secondary N) is 1. The van der Waals surface area contributed by atoms with Crippen molar-refractivity contribution in [1.82, 2.24) is 15.2 Å². The first-order valence-electron chi connectivity index (χ1n) is 13.8. The van der Waals surface area contributed by atoms with Gasteiger partial charge in [0.2, 0.25) is 11.8 Å². The molecule has 2 aliphatic heterocycles. The fourth-order valence-electron chi connectivity index (χ4n) is 5.11. The van der Waals surface area contributed by atoms with Gasteiger partial charge in [-0.25, -0.2) is 18.2 Å². The monoisotopic (exact) mass is 605 g/mol. The van der Waals surface area contributed by atoms with Crippen LogP contribution in [0.5, 0.6) is 0 Å². The average Bonchev–Trinajstić information content (AvgIpc) is 3.54. The van der Waals surface area contributed by atoms with Gasteiger partial charge in [0, 0.05) is 31.7 Å². The fourth-order valence-corrected chi connectivity index (χ4v) is 6.37. The number of allylic oxidation sites excluding steroid dienone is 2. The van der Waals surface area contributed by atoms with Crippen LogP contribution in [0.15, 0.2) is 46.6 Å². The number of esters is 1. The number of sulfone groups is 1. The Labute approximate surface area is 245 Å². The molecule has 2 amide bonds. The molecule has 230 valence electrons. The third kappa shape index (κ3) is 8.71. The Morgan fingerprint density at radius 1 is 1.17 bits per heavy atom. The minimum atomic E-state index is -3.76. The lowest BCUT2D eigenvalue weighted by Crippen LogP contribution is -2.49. The number of carbonyl (C=O) groups excluding carboxylic acids is 4. The van der Waals surface area contributed by atoms with Gasteiger partial charge in [-0.1, -0.05) is 50.6 Å². The number of ether oxygens (including phenoxy) is 1. The van der Waals surface area contributed by atoms with Gasteiger partial charge in [0.05, 0.1) is 17.8 Å². The van der Waals surface area contributed by atoms with E-state index in [2.05, 4.69) is 10.3 Å². The second-order valence-corrected chi connectivity index (χ2v) is 13.4. The Kier molecular flexibility index (Phi) is 11.0. The Morgan fingerprint density at radius 3 is 2.55 bits per heavy atom. The van der Waals surface area contributed by atoms with Crippen LogP contribution in [0.2, 0.25) is 0 Å². The van der Waals surface area contributed by atoms with Crippen LogP contribution >= 0.6 is 0 Å². The number of amides is 2. The molecular weight excluding hydrogens is 566 g/mol. The highest BCUT2D eigenvalue weighted by atomic mass is 32.2. The summed E-state index contributed by atoms with van der Waals surface area (Å²) in [6, 6.07) is -1.42. The summed E-state index contributed by atoms with van der Waals surface area (Å²) in [6.07, 6.45) is 7.64. The standard InChI is InChI=1S/C29H39N3O9S/c1-17(2)27-19(4)8-9-24(35)30-11-6-7-18(3)13-20(33)14-21(34)15-25-31-22(16-40-25)28(36)32-12-10-23(42(5,38)39)26(32)29(37)41-27/h6-9,13,16-17,19-20,23,26-27,33H,10-12,14-15H2,1-5H3,(H,30,35)/b7-6?,9-8+,18-13?/t19-,20-,23-,26-,27-/m1/s1. The number of aromatic nitrogens is 1. The van der Waals surface area contributed by atoms with E-state index >= 15 is 0 Å². The molecule has 0 radical (unpaired) electrons. The summed E-state index contributed by atoms with van der Waals surface area (Å²) in [6.45, 7) is 7.35. The van der Waals surface area contributed by atoms with Gasteiger partial charge in [-0.2, -0.15) is 0 Å². The maximum absolute atomic E-state index is 13.6. The van der Waals surface area contributed by atoms with Gasteiger partial charge in [-0.05, 0) is 25.3 Å². The van der Waals surface area contributed by atoms with Gasteiger partial charge in [-0.3, -0.25) is 14.4 Å². The number of carbonyl (C=O) groups is 4. The molecule has 3 rings (SSSR count). The lowest BCUT2D eigenvalue weighted by Gasteiger charge is -2.30. The highest BCUT2D eigenvalue weighted by molar-refractivity contribution is 7.91. The second-order valence-electron chi connectivity index (χ2n) is 11.1. The van der Waals surface area contributed by atoms with Crippen LogP contribution in [0.25, 0.3) is 0 Å². The van der Waals surface area contributed by atoms with Crippen molar-refractivity contribution >= 4 is 33.4 Å². The van der Waals surface area contributed by atoms with Crippen LogP contribution in [0.3, 0.4) is 0 Å². The maximum atomic E-state index is 13.6. The van der Waals surface area contributed by atoms with E-state index in [-0.39, 0.29) is 61.5 Å². The molecule has 2 aliphatic rings. The predicted molar refractivity (Wildman–Crippen MR) is 153 cm³/mol. The van der Waals surface area contributed by atoms with E-state index in [1.54, 1.807) is 32.1 Å². The molecule has 13 heteroatoms. The summed E-state index contributed by atoms with van der Waals surface area (Å²) < 4.78 is 36.4. The molecule has 1 aromatic heterocycles. The zero-order valence-corrected chi connectivity index (χ0v) is 25.3.